The summed E-state index contributed by atoms with van der Waals surface area (Å²) in [4.78, 5) is 18.1. The Kier molecular flexibility index (Phi) is 4.00. The van der Waals surface area contributed by atoms with Gasteiger partial charge in [0.25, 0.3) is 0 Å². The lowest BCUT2D eigenvalue weighted by Gasteiger charge is -2.36. The van der Waals surface area contributed by atoms with E-state index in [1.165, 1.54) is 0 Å². The van der Waals surface area contributed by atoms with Crippen molar-refractivity contribution in [1.82, 2.24) is 9.88 Å². The van der Waals surface area contributed by atoms with E-state index < -0.39 is 5.38 Å². The SMILES string of the molecule is CC(Cl)C(=O)N1CCCCC1c1cccnc1. The minimum absolute atomic E-state index is 0.0280. The van der Waals surface area contributed by atoms with Crippen LogP contribution in [0.1, 0.15) is 37.8 Å². The number of hydrogen-bond donors (Lipinski definition) is 0. The summed E-state index contributed by atoms with van der Waals surface area (Å²) in [6, 6.07) is 4.09. The quantitative estimate of drug-likeness (QED) is 0.759. The summed E-state index contributed by atoms with van der Waals surface area (Å²) >= 11 is 5.91. The number of pyridine rings is 1. The maximum absolute atomic E-state index is 12.1. The normalized spacial score (nSPS) is 22.2. The maximum Gasteiger partial charge on any atom is 0.240 e. The van der Waals surface area contributed by atoms with Crippen LogP contribution < -0.4 is 0 Å². The highest BCUT2D eigenvalue weighted by Gasteiger charge is 2.29. The second kappa shape index (κ2) is 5.50. The number of carbonyl (C=O) groups excluding carboxylic acids is 1. The van der Waals surface area contributed by atoms with Gasteiger partial charge in [-0.2, -0.15) is 0 Å². The highest BCUT2D eigenvalue weighted by molar-refractivity contribution is 6.30. The van der Waals surface area contributed by atoms with Gasteiger partial charge in [-0.05, 0) is 37.8 Å². The fourth-order valence-corrected chi connectivity index (χ4v) is 2.47. The molecule has 0 aliphatic carbocycles. The Hall–Kier alpha value is -1.09. The molecular formula is C13H17ClN2O. The Morgan fingerprint density at radius 1 is 1.59 bits per heavy atom. The second-order valence-corrected chi connectivity index (χ2v) is 5.10. The molecule has 2 rings (SSSR count). The van der Waals surface area contributed by atoms with Gasteiger partial charge in [-0.15, -0.1) is 11.6 Å². The van der Waals surface area contributed by atoms with E-state index in [0.29, 0.717) is 0 Å². The molecule has 0 N–H and O–H groups in total. The van der Waals surface area contributed by atoms with Crippen LogP contribution in [-0.4, -0.2) is 27.7 Å². The number of carbonyl (C=O) groups is 1. The molecule has 2 atom stereocenters. The number of piperidine rings is 1. The van der Waals surface area contributed by atoms with Crippen LogP contribution in [0.25, 0.3) is 0 Å². The van der Waals surface area contributed by atoms with Crippen LogP contribution in [0.2, 0.25) is 0 Å². The van der Waals surface area contributed by atoms with Gasteiger partial charge in [0.15, 0.2) is 0 Å². The summed E-state index contributed by atoms with van der Waals surface area (Å²) in [5.74, 6) is 0.0280. The zero-order chi connectivity index (χ0) is 12.3. The first-order chi connectivity index (χ1) is 8.20. The van der Waals surface area contributed by atoms with Gasteiger partial charge in [-0.1, -0.05) is 6.07 Å². The largest absolute Gasteiger partial charge is 0.334 e. The third kappa shape index (κ3) is 2.78. The summed E-state index contributed by atoms with van der Waals surface area (Å²) in [7, 11) is 0. The van der Waals surface area contributed by atoms with Crippen molar-refractivity contribution in [3.05, 3.63) is 30.1 Å². The van der Waals surface area contributed by atoms with Crippen molar-refractivity contribution in [2.24, 2.45) is 0 Å². The summed E-state index contributed by atoms with van der Waals surface area (Å²) in [6.07, 6.45) is 6.81. The Labute approximate surface area is 107 Å². The number of nitrogens with zero attached hydrogens (tertiary/aromatic N) is 2. The van der Waals surface area contributed by atoms with Crippen LogP contribution in [0, 0.1) is 0 Å². The molecule has 0 spiro atoms. The van der Waals surface area contributed by atoms with E-state index in [9.17, 15) is 4.79 Å². The summed E-state index contributed by atoms with van der Waals surface area (Å²) in [5, 5.41) is -0.452. The predicted octanol–water partition coefficient (Wildman–Crippen LogP) is 2.76. The smallest absolute Gasteiger partial charge is 0.240 e. The summed E-state index contributed by atoms with van der Waals surface area (Å²) < 4.78 is 0. The number of halogens is 1. The fourth-order valence-electron chi connectivity index (χ4n) is 2.34. The van der Waals surface area contributed by atoms with Crippen LogP contribution in [0.5, 0.6) is 0 Å². The standard InChI is InChI=1S/C13H17ClN2O/c1-10(14)13(17)16-8-3-2-6-12(16)11-5-4-7-15-9-11/h4-5,7,9-10,12H,2-3,6,8H2,1H3. The molecule has 1 amide bonds. The lowest BCUT2D eigenvalue weighted by atomic mass is 9.96. The Morgan fingerprint density at radius 2 is 2.41 bits per heavy atom. The molecule has 1 saturated heterocycles. The second-order valence-electron chi connectivity index (χ2n) is 4.45. The first-order valence-corrected chi connectivity index (χ1v) is 6.48. The molecule has 1 fully saturated rings. The molecule has 0 radical (unpaired) electrons. The number of aromatic nitrogens is 1. The van der Waals surface area contributed by atoms with Crippen molar-refractivity contribution < 1.29 is 4.79 Å². The maximum atomic E-state index is 12.1. The average Bonchev–Trinajstić information content (AvgIpc) is 2.39. The molecule has 3 nitrogen and oxygen atoms in total. The third-order valence-electron chi connectivity index (χ3n) is 3.20. The summed E-state index contributed by atoms with van der Waals surface area (Å²) in [5.41, 5.74) is 1.11. The van der Waals surface area contributed by atoms with Gasteiger partial charge in [0.1, 0.15) is 5.38 Å². The molecule has 2 unspecified atom stereocenters. The van der Waals surface area contributed by atoms with Crippen LogP contribution in [0.15, 0.2) is 24.5 Å². The predicted molar refractivity (Wildman–Crippen MR) is 67.9 cm³/mol. The number of alkyl halides is 1. The third-order valence-corrected chi connectivity index (χ3v) is 3.38. The number of hydrogen-bond acceptors (Lipinski definition) is 2. The zero-order valence-electron chi connectivity index (χ0n) is 9.97. The molecule has 1 aliphatic rings. The number of likely N-dealkylation sites (tertiary alicyclic amines) is 1. The molecule has 0 aromatic carbocycles. The molecule has 1 aromatic heterocycles. The minimum atomic E-state index is -0.452. The molecule has 1 aliphatic heterocycles. The van der Waals surface area contributed by atoms with Crippen molar-refractivity contribution in [2.75, 3.05) is 6.54 Å². The number of rotatable bonds is 2. The van der Waals surface area contributed by atoms with Crippen molar-refractivity contribution in [3.63, 3.8) is 0 Å². The first kappa shape index (κ1) is 12.4. The van der Waals surface area contributed by atoms with E-state index in [1.807, 2.05) is 23.2 Å². The molecule has 0 bridgehead atoms. The lowest BCUT2D eigenvalue weighted by Crippen LogP contribution is -2.41. The monoisotopic (exact) mass is 252 g/mol. The molecule has 1 aromatic rings. The molecule has 2 heterocycles. The topological polar surface area (TPSA) is 33.2 Å². The van der Waals surface area contributed by atoms with Gasteiger partial charge in [0, 0.05) is 18.9 Å². The van der Waals surface area contributed by atoms with Crippen LogP contribution in [0.4, 0.5) is 0 Å². The van der Waals surface area contributed by atoms with E-state index >= 15 is 0 Å². The molecule has 92 valence electrons. The van der Waals surface area contributed by atoms with Crippen molar-refractivity contribution >= 4 is 17.5 Å². The van der Waals surface area contributed by atoms with Gasteiger partial charge in [-0.25, -0.2) is 0 Å². The van der Waals surface area contributed by atoms with Crippen molar-refractivity contribution in [3.8, 4) is 0 Å². The Morgan fingerprint density at radius 3 is 3.06 bits per heavy atom. The van der Waals surface area contributed by atoms with Gasteiger partial charge in [0.2, 0.25) is 5.91 Å². The highest BCUT2D eigenvalue weighted by atomic mass is 35.5. The van der Waals surface area contributed by atoms with Gasteiger partial charge in [0.05, 0.1) is 6.04 Å². The average molecular weight is 253 g/mol. The van der Waals surface area contributed by atoms with Crippen LogP contribution in [0.3, 0.4) is 0 Å². The number of amides is 1. The molecule has 17 heavy (non-hydrogen) atoms. The van der Waals surface area contributed by atoms with E-state index in [1.54, 1.807) is 13.1 Å². The molecule has 4 heteroatoms. The molecule has 0 saturated carbocycles. The van der Waals surface area contributed by atoms with Crippen LogP contribution in [-0.2, 0) is 4.79 Å². The Balaban J connectivity index is 2.21. The van der Waals surface area contributed by atoms with E-state index in [0.717, 1.165) is 31.4 Å². The van der Waals surface area contributed by atoms with E-state index in [4.69, 9.17) is 11.6 Å². The zero-order valence-corrected chi connectivity index (χ0v) is 10.7. The molecular weight excluding hydrogens is 236 g/mol. The van der Waals surface area contributed by atoms with Crippen LogP contribution >= 0.6 is 11.6 Å². The van der Waals surface area contributed by atoms with Gasteiger partial charge in [-0.3, -0.25) is 9.78 Å². The van der Waals surface area contributed by atoms with Gasteiger partial charge >= 0.3 is 0 Å². The van der Waals surface area contributed by atoms with E-state index in [-0.39, 0.29) is 11.9 Å². The fraction of sp³-hybridized carbons (Fsp3) is 0.538. The Bertz CT molecular complexity index is 380. The van der Waals surface area contributed by atoms with Gasteiger partial charge < -0.3 is 4.90 Å². The minimum Gasteiger partial charge on any atom is -0.334 e. The van der Waals surface area contributed by atoms with Crippen molar-refractivity contribution in [1.29, 1.82) is 0 Å². The summed E-state index contributed by atoms with van der Waals surface area (Å²) in [6.45, 7) is 2.54. The lowest BCUT2D eigenvalue weighted by molar-refractivity contribution is -0.134. The van der Waals surface area contributed by atoms with E-state index in [2.05, 4.69) is 4.98 Å². The first-order valence-electron chi connectivity index (χ1n) is 6.04. The van der Waals surface area contributed by atoms with Crippen molar-refractivity contribution in [2.45, 2.75) is 37.6 Å². The highest BCUT2D eigenvalue weighted by Crippen LogP contribution is 2.31.